The molecule has 1 fully saturated rings. The van der Waals surface area contributed by atoms with Gasteiger partial charge in [-0.25, -0.2) is 22.9 Å². The van der Waals surface area contributed by atoms with E-state index in [1.54, 1.807) is 0 Å². The number of carbonyl (C=O) groups excluding carboxylic acids is 4. The van der Waals surface area contributed by atoms with Crippen molar-refractivity contribution in [3.63, 3.8) is 0 Å². The van der Waals surface area contributed by atoms with Gasteiger partial charge in [-0.1, -0.05) is 13.3 Å². The van der Waals surface area contributed by atoms with Crippen LogP contribution in [0.2, 0.25) is 0 Å². The second-order valence-electron chi connectivity index (χ2n) is 5.26. The number of urea groups is 1. The molecule has 2 rings (SSSR count). The Morgan fingerprint density at radius 3 is 2.32 bits per heavy atom. The van der Waals surface area contributed by atoms with Crippen molar-refractivity contribution < 1.29 is 32.3 Å². The van der Waals surface area contributed by atoms with E-state index in [0.29, 0.717) is 23.8 Å². The molecule has 10 heteroatoms. The maximum atomic E-state index is 13.5. The number of unbranched alkanes of at least 4 members (excludes halogenated alkanes) is 1. The summed E-state index contributed by atoms with van der Waals surface area (Å²) in [6, 6.07) is 0.443. The smallest absolute Gasteiger partial charge is 0.322 e. The van der Waals surface area contributed by atoms with E-state index in [1.807, 2.05) is 12.2 Å². The molecule has 1 aromatic rings. The molecule has 0 radical (unpaired) electrons. The van der Waals surface area contributed by atoms with E-state index < -0.39 is 53.4 Å². The third-order valence-corrected chi connectivity index (χ3v) is 3.48. The highest BCUT2D eigenvalue weighted by molar-refractivity contribution is 6.45. The molecule has 0 aromatic heterocycles. The minimum Gasteiger partial charge on any atom is -0.322 e. The van der Waals surface area contributed by atoms with E-state index in [-0.39, 0.29) is 6.54 Å². The fourth-order valence-electron chi connectivity index (χ4n) is 2.16. The SMILES string of the molecule is CCCCN1C(=O)C(=O)N(CC(=O)Nc2ccc(F)c(F)c2F)C1=O. The molecule has 7 nitrogen and oxygen atoms in total. The van der Waals surface area contributed by atoms with Gasteiger partial charge in [-0.3, -0.25) is 19.3 Å². The van der Waals surface area contributed by atoms with Crippen LogP contribution in [0.4, 0.5) is 23.7 Å². The molecule has 0 atom stereocenters. The first kappa shape index (κ1) is 18.4. The molecule has 1 N–H and O–H groups in total. The summed E-state index contributed by atoms with van der Waals surface area (Å²) in [5.74, 6) is -8.10. The van der Waals surface area contributed by atoms with E-state index in [0.717, 1.165) is 11.0 Å². The molecule has 1 aliphatic heterocycles. The second-order valence-corrected chi connectivity index (χ2v) is 5.26. The number of imide groups is 2. The molecule has 0 bridgehead atoms. The zero-order valence-corrected chi connectivity index (χ0v) is 13.1. The first-order chi connectivity index (χ1) is 11.8. The highest BCUT2D eigenvalue weighted by atomic mass is 19.2. The number of halogens is 3. The van der Waals surface area contributed by atoms with Crippen molar-refractivity contribution in [2.24, 2.45) is 0 Å². The molecule has 0 spiro atoms. The van der Waals surface area contributed by atoms with Gasteiger partial charge < -0.3 is 5.32 Å². The molecule has 1 saturated heterocycles. The van der Waals surface area contributed by atoms with Crippen molar-refractivity contribution in [3.05, 3.63) is 29.6 Å². The third kappa shape index (κ3) is 3.62. The Balaban J connectivity index is 2.08. The van der Waals surface area contributed by atoms with Crippen molar-refractivity contribution in [1.82, 2.24) is 9.80 Å². The molecular weight excluding hydrogens is 343 g/mol. The minimum absolute atomic E-state index is 0.0375. The highest BCUT2D eigenvalue weighted by Crippen LogP contribution is 2.20. The van der Waals surface area contributed by atoms with E-state index in [4.69, 9.17) is 0 Å². The van der Waals surface area contributed by atoms with Crippen molar-refractivity contribution in [3.8, 4) is 0 Å². The lowest BCUT2D eigenvalue weighted by Gasteiger charge is -2.15. The molecular formula is C15H14F3N3O4. The Kier molecular flexibility index (Phi) is 5.40. The molecule has 0 unspecified atom stereocenters. The Morgan fingerprint density at radius 1 is 1.04 bits per heavy atom. The van der Waals surface area contributed by atoms with Crippen LogP contribution in [-0.4, -0.2) is 46.6 Å². The number of hydrogen-bond acceptors (Lipinski definition) is 4. The van der Waals surface area contributed by atoms with Gasteiger partial charge in [-0.2, -0.15) is 0 Å². The summed E-state index contributed by atoms with van der Waals surface area (Å²) >= 11 is 0. The molecule has 1 aliphatic rings. The zero-order chi connectivity index (χ0) is 18.7. The Bertz CT molecular complexity index is 754. The van der Waals surface area contributed by atoms with Gasteiger partial charge >= 0.3 is 17.8 Å². The van der Waals surface area contributed by atoms with Crippen molar-refractivity contribution in [2.75, 3.05) is 18.4 Å². The average molecular weight is 357 g/mol. The number of rotatable bonds is 6. The minimum atomic E-state index is -1.77. The van der Waals surface area contributed by atoms with Crippen LogP contribution >= 0.6 is 0 Å². The number of benzene rings is 1. The van der Waals surface area contributed by atoms with Crippen LogP contribution < -0.4 is 5.32 Å². The lowest BCUT2D eigenvalue weighted by atomic mass is 10.2. The van der Waals surface area contributed by atoms with Gasteiger partial charge in [0.05, 0.1) is 5.69 Å². The van der Waals surface area contributed by atoms with E-state index in [9.17, 15) is 32.3 Å². The van der Waals surface area contributed by atoms with Crippen molar-refractivity contribution in [1.29, 1.82) is 0 Å². The summed E-state index contributed by atoms with van der Waals surface area (Å²) in [5, 5.41) is 1.92. The fraction of sp³-hybridized carbons (Fsp3) is 0.333. The predicted molar refractivity (Wildman–Crippen MR) is 78.7 cm³/mol. The summed E-state index contributed by atoms with van der Waals surface area (Å²) < 4.78 is 39.5. The molecule has 0 aliphatic carbocycles. The standard InChI is InChI=1S/C15H14F3N3O4/c1-2-3-6-20-13(23)14(24)21(15(20)25)7-10(22)19-9-5-4-8(16)11(17)12(9)18/h4-5H,2-3,6-7H2,1H3,(H,19,22). The van der Waals surface area contributed by atoms with Gasteiger partial charge in [-0.15, -0.1) is 0 Å². The summed E-state index contributed by atoms with van der Waals surface area (Å²) in [6.45, 7) is 1.01. The number of nitrogens with zero attached hydrogens (tertiary/aromatic N) is 2. The first-order valence-electron chi connectivity index (χ1n) is 7.38. The zero-order valence-electron chi connectivity index (χ0n) is 13.1. The lowest BCUT2D eigenvalue weighted by Crippen LogP contribution is -2.39. The van der Waals surface area contributed by atoms with Crippen LogP contribution in [-0.2, 0) is 14.4 Å². The molecule has 0 saturated carbocycles. The van der Waals surface area contributed by atoms with Crippen LogP contribution in [0.3, 0.4) is 0 Å². The quantitative estimate of drug-likeness (QED) is 0.476. The van der Waals surface area contributed by atoms with Gasteiger partial charge in [0, 0.05) is 6.54 Å². The van der Waals surface area contributed by atoms with Crippen LogP contribution in [0.25, 0.3) is 0 Å². The Hall–Kier alpha value is -2.91. The van der Waals surface area contributed by atoms with Crippen molar-refractivity contribution >= 4 is 29.4 Å². The first-order valence-corrected chi connectivity index (χ1v) is 7.38. The number of hydrogen-bond donors (Lipinski definition) is 1. The fourth-order valence-corrected chi connectivity index (χ4v) is 2.16. The topological polar surface area (TPSA) is 86.8 Å². The maximum Gasteiger partial charge on any atom is 0.334 e. The van der Waals surface area contributed by atoms with E-state index >= 15 is 0 Å². The van der Waals surface area contributed by atoms with Gasteiger partial charge in [0.2, 0.25) is 5.91 Å². The summed E-state index contributed by atoms with van der Waals surface area (Å²) in [6.07, 6.45) is 1.17. The van der Waals surface area contributed by atoms with Crippen molar-refractivity contribution in [2.45, 2.75) is 19.8 Å². The Labute approximate surface area is 140 Å². The van der Waals surface area contributed by atoms with Gasteiger partial charge in [-0.05, 0) is 18.6 Å². The monoisotopic (exact) mass is 357 g/mol. The normalized spacial score (nSPS) is 14.5. The molecule has 1 heterocycles. The van der Waals surface area contributed by atoms with Crippen LogP contribution in [0, 0.1) is 17.5 Å². The Morgan fingerprint density at radius 2 is 1.68 bits per heavy atom. The van der Waals surface area contributed by atoms with Crippen LogP contribution in [0.5, 0.6) is 0 Å². The largest absolute Gasteiger partial charge is 0.334 e. The van der Waals surface area contributed by atoms with E-state index in [2.05, 4.69) is 0 Å². The second kappa shape index (κ2) is 7.32. The van der Waals surface area contributed by atoms with Gasteiger partial charge in [0.15, 0.2) is 17.5 Å². The number of anilines is 1. The molecule has 1 aromatic carbocycles. The number of nitrogens with one attached hydrogen (secondary N) is 1. The molecule has 5 amide bonds. The number of carbonyl (C=O) groups is 4. The summed E-state index contributed by atoms with van der Waals surface area (Å²) in [7, 11) is 0. The predicted octanol–water partition coefficient (Wildman–Crippen LogP) is 1.63. The van der Waals surface area contributed by atoms with Crippen LogP contribution in [0.1, 0.15) is 19.8 Å². The summed E-state index contributed by atoms with van der Waals surface area (Å²) in [4.78, 5) is 48.6. The van der Waals surface area contributed by atoms with Gasteiger partial charge in [0.1, 0.15) is 6.54 Å². The third-order valence-electron chi connectivity index (χ3n) is 3.48. The summed E-state index contributed by atoms with van der Waals surface area (Å²) in [5.41, 5.74) is -0.655. The molecule has 25 heavy (non-hydrogen) atoms. The lowest BCUT2D eigenvalue weighted by molar-refractivity contribution is -0.143. The average Bonchev–Trinajstić information content (AvgIpc) is 2.77. The molecule has 134 valence electrons. The maximum absolute atomic E-state index is 13.5. The van der Waals surface area contributed by atoms with Gasteiger partial charge in [0.25, 0.3) is 0 Å². The number of amides is 5. The van der Waals surface area contributed by atoms with E-state index in [1.165, 1.54) is 0 Å². The van der Waals surface area contributed by atoms with Crippen LogP contribution in [0.15, 0.2) is 12.1 Å². The highest BCUT2D eigenvalue weighted by Gasteiger charge is 2.44.